The minimum absolute atomic E-state index is 0.371. The zero-order chi connectivity index (χ0) is 11.5. The molecule has 2 rings (SSSR count). The van der Waals surface area contributed by atoms with Gasteiger partial charge in [0.15, 0.2) is 5.69 Å². The number of carbonyl (C=O) groups excluding carboxylic acids is 1. The van der Waals surface area contributed by atoms with E-state index in [4.69, 9.17) is 0 Å². The smallest absolute Gasteiger partial charge is 0.357 e. The Hall–Kier alpha value is -1.27. The van der Waals surface area contributed by atoms with Crippen molar-refractivity contribution < 1.29 is 9.53 Å². The number of aromatic nitrogens is 2. The molecule has 0 atom stereocenters. The van der Waals surface area contributed by atoms with Crippen LogP contribution in [0.2, 0.25) is 0 Å². The van der Waals surface area contributed by atoms with Gasteiger partial charge in [-0.15, -0.1) is 22.7 Å². The molecule has 0 aliphatic carbocycles. The van der Waals surface area contributed by atoms with Crippen molar-refractivity contribution in [1.29, 1.82) is 0 Å². The molecule has 4 nitrogen and oxygen atoms in total. The number of nitrogens with zero attached hydrogens (tertiary/aromatic N) is 2. The van der Waals surface area contributed by atoms with Crippen LogP contribution in [0.1, 0.15) is 26.2 Å². The lowest BCUT2D eigenvalue weighted by molar-refractivity contribution is 0.0594. The normalized spacial score (nSPS) is 10.4. The summed E-state index contributed by atoms with van der Waals surface area (Å²) >= 11 is 3.06. The molecule has 2 aromatic rings. The first-order valence-corrected chi connectivity index (χ1v) is 6.38. The lowest BCUT2D eigenvalue weighted by atomic mass is 10.4. The molecule has 0 radical (unpaired) electrons. The highest BCUT2D eigenvalue weighted by molar-refractivity contribution is 7.11. The fourth-order valence-corrected chi connectivity index (χ4v) is 2.84. The Kier molecular flexibility index (Phi) is 3.31. The molecule has 0 saturated heterocycles. The highest BCUT2D eigenvalue weighted by Crippen LogP contribution is 2.17. The Morgan fingerprint density at radius 3 is 2.62 bits per heavy atom. The van der Waals surface area contributed by atoms with E-state index >= 15 is 0 Å². The van der Waals surface area contributed by atoms with E-state index in [0.29, 0.717) is 12.1 Å². The molecule has 0 fully saturated rings. The standard InChI is InChI=1S/C10H10N2O2S2/c1-6-4-15-8(11-6)3-9-12-7(5-16-9)10(13)14-2/h4-5H,3H2,1-2H3. The van der Waals surface area contributed by atoms with E-state index in [-0.39, 0.29) is 0 Å². The van der Waals surface area contributed by atoms with Crippen LogP contribution in [-0.4, -0.2) is 23.0 Å². The van der Waals surface area contributed by atoms with Crippen LogP contribution in [0.25, 0.3) is 0 Å². The molecule has 2 heterocycles. The quantitative estimate of drug-likeness (QED) is 0.789. The number of ether oxygens (including phenoxy) is 1. The molecule has 0 bridgehead atoms. The summed E-state index contributed by atoms with van der Waals surface area (Å²) in [6.45, 7) is 1.96. The van der Waals surface area contributed by atoms with Gasteiger partial charge in [0, 0.05) is 16.5 Å². The number of thiazole rings is 2. The maximum absolute atomic E-state index is 11.2. The summed E-state index contributed by atoms with van der Waals surface area (Å²) in [5, 5.41) is 5.62. The molecular weight excluding hydrogens is 244 g/mol. The molecule has 0 aliphatic rings. The second-order valence-electron chi connectivity index (χ2n) is 3.18. The van der Waals surface area contributed by atoms with Crippen LogP contribution in [0.4, 0.5) is 0 Å². The Bertz CT molecular complexity index is 504. The number of hydrogen-bond acceptors (Lipinski definition) is 6. The Morgan fingerprint density at radius 2 is 2.00 bits per heavy atom. The highest BCUT2D eigenvalue weighted by atomic mass is 32.1. The number of rotatable bonds is 3. The number of hydrogen-bond donors (Lipinski definition) is 0. The number of aryl methyl sites for hydroxylation is 1. The van der Waals surface area contributed by atoms with Crippen molar-refractivity contribution in [3.05, 3.63) is 32.2 Å². The van der Waals surface area contributed by atoms with E-state index in [1.165, 1.54) is 18.4 Å². The molecule has 0 aliphatic heterocycles. The molecule has 0 N–H and O–H groups in total. The summed E-state index contributed by atoms with van der Waals surface area (Å²) in [6.07, 6.45) is 0.681. The van der Waals surface area contributed by atoms with E-state index in [1.807, 2.05) is 12.3 Å². The van der Waals surface area contributed by atoms with Gasteiger partial charge < -0.3 is 4.74 Å². The predicted molar refractivity (Wildman–Crippen MR) is 63.1 cm³/mol. The minimum atomic E-state index is -0.391. The highest BCUT2D eigenvalue weighted by Gasteiger charge is 2.11. The summed E-state index contributed by atoms with van der Waals surface area (Å²) in [5.41, 5.74) is 1.39. The summed E-state index contributed by atoms with van der Waals surface area (Å²) in [7, 11) is 1.35. The Morgan fingerprint density at radius 1 is 1.31 bits per heavy atom. The van der Waals surface area contributed by atoms with Gasteiger partial charge in [-0.2, -0.15) is 0 Å². The van der Waals surface area contributed by atoms with Crippen LogP contribution in [0.3, 0.4) is 0 Å². The van der Waals surface area contributed by atoms with Crippen LogP contribution in [0.15, 0.2) is 10.8 Å². The zero-order valence-corrected chi connectivity index (χ0v) is 10.5. The average Bonchev–Trinajstić information content (AvgIpc) is 2.87. The first kappa shape index (κ1) is 11.2. The lowest BCUT2D eigenvalue weighted by Gasteiger charge is -1.92. The zero-order valence-electron chi connectivity index (χ0n) is 8.89. The van der Waals surface area contributed by atoms with Gasteiger partial charge in [0.2, 0.25) is 0 Å². The molecule has 0 saturated carbocycles. The van der Waals surface area contributed by atoms with Gasteiger partial charge in [-0.1, -0.05) is 0 Å². The van der Waals surface area contributed by atoms with Crippen molar-refractivity contribution in [2.24, 2.45) is 0 Å². The first-order chi connectivity index (χ1) is 7.69. The van der Waals surface area contributed by atoms with E-state index in [1.54, 1.807) is 16.7 Å². The van der Waals surface area contributed by atoms with E-state index in [0.717, 1.165) is 15.7 Å². The monoisotopic (exact) mass is 254 g/mol. The van der Waals surface area contributed by atoms with Gasteiger partial charge in [-0.25, -0.2) is 14.8 Å². The van der Waals surface area contributed by atoms with Crippen LogP contribution in [0.5, 0.6) is 0 Å². The van der Waals surface area contributed by atoms with Crippen LogP contribution in [0, 0.1) is 6.92 Å². The van der Waals surface area contributed by atoms with Crippen molar-refractivity contribution in [2.75, 3.05) is 7.11 Å². The van der Waals surface area contributed by atoms with Crippen LogP contribution >= 0.6 is 22.7 Å². The first-order valence-electron chi connectivity index (χ1n) is 4.63. The van der Waals surface area contributed by atoms with Gasteiger partial charge in [0.1, 0.15) is 5.01 Å². The van der Waals surface area contributed by atoms with E-state index < -0.39 is 5.97 Å². The van der Waals surface area contributed by atoms with Crippen molar-refractivity contribution >= 4 is 28.6 Å². The van der Waals surface area contributed by atoms with Gasteiger partial charge >= 0.3 is 5.97 Å². The summed E-state index contributed by atoms with van der Waals surface area (Å²) < 4.78 is 4.60. The molecule has 0 spiro atoms. The van der Waals surface area contributed by atoms with Crippen molar-refractivity contribution in [2.45, 2.75) is 13.3 Å². The Balaban J connectivity index is 2.11. The fraction of sp³-hybridized carbons (Fsp3) is 0.300. The number of carbonyl (C=O) groups is 1. The predicted octanol–water partition coefficient (Wildman–Crippen LogP) is 2.29. The molecule has 84 valence electrons. The largest absolute Gasteiger partial charge is 0.464 e. The maximum atomic E-state index is 11.2. The molecule has 0 unspecified atom stereocenters. The third-order valence-corrected chi connectivity index (χ3v) is 3.73. The van der Waals surface area contributed by atoms with Gasteiger partial charge in [-0.3, -0.25) is 0 Å². The average molecular weight is 254 g/mol. The second-order valence-corrected chi connectivity index (χ2v) is 5.06. The SMILES string of the molecule is COC(=O)c1csc(Cc2nc(C)cs2)n1. The van der Waals surface area contributed by atoms with Crippen LogP contribution in [-0.2, 0) is 11.2 Å². The van der Waals surface area contributed by atoms with Gasteiger partial charge in [-0.05, 0) is 6.92 Å². The van der Waals surface area contributed by atoms with Crippen molar-refractivity contribution in [3.63, 3.8) is 0 Å². The lowest BCUT2D eigenvalue weighted by Crippen LogP contribution is -2.01. The third-order valence-electron chi connectivity index (χ3n) is 1.92. The fourth-order valence-electron chi connectivity index (χ4n) is 1.20. The van der Waals surface area contributed by atoms with Gasteiger partial charge in [0.25, 0.3) is 0 Å². The topological polar surface area (TPSA) is 52.1 Å². The number of methoxy groups -OCH3 is 1. The summed E-state index contributed by atoms with van der Waals surface area (Å²) in [4.78, 5) is 19.7. The molecule has 0 aromatic carbocycles. The van der Waals surface area contributed by atoms with Crippen molar-refractivity contribution in [1.82, 2.24) is 9.97 Å². The van der Waals surface area contributed by atoms with E-state index in [2.05, 4.69) is 14.7 Å². The summed E-state index contributed by atoms with van der Waals surface area (Å²) in [5.74, 6) is -0.391. The van der Waals surface area contributed by atoms with Crippen molar-refractivity contribution in [3.8, 4) is 0 Å². The van der Waals surface area contributed by atoms with Crippen LogP contribution < -0.4 is 0 Å². The van der Waals surface area contributed by atoms with E-state index in [9.17, 15) is 4.79 Å². The third kappa shape index (κ3) is 2.45. The Labute approximate surface area is 101 Å². The van der Waals surface area contributed by atoms with Gasteiger partial charge in [0.05, 0.1) is 18.5 Å². The molecule has 0 amide bonds. The molecular formula is C10H10N2O2S2. The maximum Gasteiger partial charge on any atom is 0.357 e. The summed E-state index contributed by atoms with van der Waals surface area (Å²) in [6, 6.07) is 0. The number of esters is 1. The molecule has 16 heavy (non-hydrogen) atoms. The molecule has 2 aromatic heterocycles. The minimum Gasteiger partial charge on any atom is -0.464 e. The second kappa shape index (κ2) is 4.71. The molecule has 6 heteroatoms.